The van der Waals surface area contributed by atoms with Crippen molar-refractivity contribution in [3.05, 3.63) is 64.1 Å². The number of alkyl halides is 3. The molecule has 1 N–H and O–H groups in total. The number of halogens is 3. The van der Waals surface area contributed by atoms with Crippen LogP contribution in [-0.2, 0) is 11.0 Å². The molecule has 0 amide bonds. The Hall–Kier alpha value is -3.27. The smallest absolute Gasteiger partial charge is 0.416 e. The lowest BCUT2D eigenvalue weighted by molar-refractivity contribution is -0.139. The van der Waals surface area contributed by atoms with Gasteiger partial charge in [0.1, 0.15) is 5.92 Å². The third kappa shape index (κ3) is 3.32. The number of aromatic nitrogens is 3. The summed E-state index contributed by atoms with van der Waals surface area (Å²) in [6, 6.07) is 9.67. The number of rotatable bonds is 4. The van der Waals surface area contributed by atoms with Crippen molar-refractivity contribution in [1.29, 1.82) is 0 Å². The van der Waals surface area contributed by atoms with E-state index in [1.807, 2.05) is 0 Å². The summed E-state index contributed by atoms with van der Waals surface area (Å²) < 4.78 is 40.4. The monoisotopic (exact) mass is 433 g/mol. The van der Waals surface area contributed by atoms with Crippen LogP contribution in [-0.4, -0.2) is 25.8 Å². The molecule has 154 valence electrons. The van der Waals surface area contributed by atoms with Crippen LogP contribution in [0.2, 0.25) is 0 Å². The van der Waals surface area contributed by atoms with E-state index in [2.05, 4.69) is 10.1 Å². The molecule has 0 spiro atoms. The van der Waals surface area contributed by atoms with Gasteiger partial charge in [-0.1, -0.05) is 36.5 Å². The molecule has 0 fully saturated rings. The van der Waals surface area contributed by atoms with E-state index in [9.17, 15) is 27.9 Å². The highest BCUT2D eigenvalue weighted by atomic mass is 32.1. The van der Waals surface area contributed by atoms with Crippen LogP contribution in [0.5, 0.6) is 0 Å². The Morgan fingerprint density at radius 3 is 2.53 bits per heavy atom. The Morgan fingerprint density at radius 2 is 1.90 bits per heavy atom. The van der Waals surface area contributed by atoms with Gasteiger partial charge in [0, 0.05) is 5.39 Å². The summed E-state index contributed by atoms with van der Waals surface area (Å²) in [5.74, 6) is -2.03. The van der Waals surface area contributed by atoms with Gasteiger partial charge in [-0.15, -0.1) is 0 Å². The topological polar surface area (TPSA) is 85.1 Å². The molecule has 1 unspecified atom stereocenters. The summed E-state index contributed by atoms with van der Waals surface area (Å²) in [5.41, 5.74) is -1.08. The Balaban J connectivity index is 1.98. The molecule has 2 aromatic carbocycles. The molecule has 0 bridgehead atoms. The second-order valence-electron chi connectivity index (χ2n) is 6.62. The van der Waals surface area contributed by atoms with Gasteiger partial charge < -0.3 is 5.11 Å². The molecule has 1 atom stereocenters. The number of thiazole rings is 1. The lowest BCUT2D eigenvalue weighted by atomic mass is 9.98. The first-order chi connectivity index (χ1) is 14.2. The molecular formula is C20H14F3N3O3S. The summed E-state index contributed by atoms with van der Waals surface area (Å²) in [6.07, 6.45) is -4.27. The maximum atomic E-state index is 13.0. The summed E-state index contributed by atoms with van der Waals surface area (Å²) >= 11 is 1.00. The van der Waals surface area contributed by atoms with Crippen molar-refractivity contribution in [2.45, 2.75) is 25.4 Å². The predicted octanol–water partition coefficient (Wildman–Crippen LogP) is 4.59. The molecular weight excluding hydrogens is 419 g/mol. The Morgan fingerprint density at radius 1 is 1.20 bits per heavy atom. The second-order valence-corrected chi connectivity index (χ2v) is 7.63. The van der Waals surface area contributed by atoms with E-state index in [4.69, 9.17) is 0 Å². The maximum absolute atomic E-state index is 13.0. The molecule has 2 heterocycles. The molecule has 0 aliphatic carbocycles. The average molecular weight is 433 g/mol. The van der Waals surface area contributed by atoms with Gasteiger partial charge in [0.2, 0.25) is 5.13 Å². The minimum Gasteiger partial charge on any atom is -0.481 e. The lowest BCUT2D eigenvalue weighted by Gasteiger charge is -2.14. The molecule has 0 aliphatic rings. The van der Waals surface area contributed by atoms with Gasteiger partial charge in [-0.3, -0.25) is 9.59 Å². The fraction of sp³-hybridized carbons (Fsp3) is 0.200. The first-order valence-electron chi connectivity index (χ1n) is 8.93. The predicted molar refractivity (Wildman–Crippen MR) is 106 cm³/mol. The Bertz CT molecular complexity index is 1340. The minimum atomic E-state index is -4.51. The van der Waals surface area contributed by atoms with Crippen molar-refractivity contribution >= 4 is 38.3 Å². The van der Waals surface area contributed by atoms with Crippen molar-refractivity contribution in [1.82, 2.24) is 14.8 Å². The molecule has 6 nitrogen and oxygen atoms in total. The third-order valence-corrected chi connectivity index (χ3v) is 5.77. The fourth-order valence-electron chi connectivity index (χ4n) is 3.27. The molecule has 0 saturated heterocycles. The van der Waals surface area contributed by atoms with Gasteiger partial charge in [-0.05, 0) is 30.7 Å². The Kier molecular flexibility index (Phi) is 4.81. The van der Waals surface area contributed by atoms with Gasteiger partial charge in [0.05, 0.1) is 26.9 Å². The van der Waals surface area contributed by atoms with Crippen LogP contribution in [0.4, 0.5) is 13.2 Å². The van der Waals surface area contributed by atoms with E-state index >= 15 is 0 Å². The number of fused-ring (bicyclic) bond motifs is 2. The first-order valence-corrected chi connectivity index (χ1v) is 9.75. The maximum Gasteiger partial charge on any atom is 0.416 e. The van der Waals surface area contributed by atoms with Gasteiger partial charge >= 0.3 is 12.1 Å². The molecule has 0 radical (unpaired) electrons. The van der Waals surface area contributed by atoms with E-state index in [0.29, 0.717) is 10.1 Å². The Labute approximate surface area is 171 Å². The summed E-state index contributed by atoms with van der Waals surface area (Å²) in [6.45, 7) is 1.70. The first kappa shape index (κ1) is 20.0. The van der Waals surface area contributed by atoms with E-state index in [1.165, 1.54) is 6.07 Å². The van der Waals surface area contributed by atoms with Crippen LogP contribution in [0, 0.1) is 0 Å². The van der Waals surface area contributed by atoms with Crippen LogP contribution < -0.4 is 5.56 Å². The van der Waals surface area contributed by atoms with E-state index in [0.717, 1.165) is 28.2 Å². The van der Waals surface area contributed by atoms with Crippen molar-refractivity contribution in [2.75, 3.05) is 0 Å². The summed E-state index contributed by atoms with van der Waals surface area (Å²) in [4.78, 5) is 28.9. The van der Waals surface area contributed by atoms with E-state index < -0.39 is 29.2 Å². The van der Waals surface area contributed by atoms with Crippen LogP contribution in [0.3, 0.4) is 0 Å². The van der Waals surface area contributed by atoms with Crippen molar-refractivity contribution in [3.63, 3.8) is 0 Å². The highest BCUT2D eigenvalue weighted by molar-refractivity contribution is 7.20. The van der Waals surface area contributed by atoms with Crippen LogP contribution in [0.1, 0.15) is 30.5 Å². The summed E-state index contributed by atoms with van der Waals surface area (Å²) in [7, 11) is 0. The minimum absolute atomic E-state index is 0.0709. The number of hydrogen-bond acceptors (Lipinski definition) is 5. The summed E-state index contributed by atoms with van der Waals surface area (Å²) in [5, 5.41) is 14.6. The van der Waals surface area contributed by atoms with Crippen molar-refractivity contribution < 1.29 is 23.1 Å². The standard InChI is InChI=1S/C20H14F3N3O3S/c1-2-11(18(28)29)16-12-5-3-4-6-13(12)17(27)26(25-16)19-24-14-9-10(20(21,22)23)7-8-15(14)30-19/h3-9,11H,2H2,1H3,(H,28,29). The van der Waals surface area contributed by atoms with Gasteiger partial charge in [0.25, 0.3) is 5.56 Å². The molecule has 0 saturated carbocycles. The van der Waals surface area contributed by atoms with Gasteiger partial charge in [-0.25, -0.2) is 4.98 Å². The third-order valence-electron chi connectivity index (χ3n) is 4.75. The van der Waals surface area contributed by atoms with E-state index in [-0.39, 0.29) is 28.1 Å². The largest absolute Gasteiger partial charge is 0.481 e. The van der Waals surface area contributed by atoms with E-state index in [1.54, 1.807) is 31.2 Å². The zero-order valence-electron chi connectivity index (χ0n) is 15.5. The number of carbonyl (C=O) groups is 1. The zero-order valence-corrected chi connectivity index (χ0v) is 16.3. The highest BCUT2D eigenvalue weighted by Gasteiger charge is 2.31. The average Bonchev–Trinajstić information content (AvgIpc) is 3.12. The van der Waals surface area contributed by atoms with Crippen molar-refractivity contribution in [3.8, 4) is 5.13 Å². The van der Waals surface area contributed by atoms with Crippen LogP contribution in [0.15, 0.2) is 47.3 Å². The lowest BCUT2D eigenvalue weighted by Crippen LogP contribution is -2.25. The molecule has 4 rings (SSSR count). The van der Waals surface area contributed by atoms with Crippen LogP contribution in [0.25, 0.3) is 26.1 Å². The number of benzene rings is 2. The number of carboxylic acid groups (broad SMARTS) is 1. The number of hydrogen-bond donors (Lipinski definition) is 1. The number of nitrogens with zero attached hydrogens (tertiary/aromatic N) is 3. The second kappa shape index (κ2) is 7.21. The number of carboxylic acids is 1. The van der Waals surface area contributed by atoms with Gasteiger partial charge in [-0.2, -0.15) is 23.0 Å². The SMILES string of the molecule is CCC(C(=O)O)c1nn(-c2nc3cc(C(F)(F)F)ccc3s2)c(=O)c2ccccc12. The van der Waals surface area contributed by atoms with Crippen molar-refractivity contribution in [2.24, 2.45) is 0 Å². The molecule has 4 aromatic rings. The number of aliphatic carboxylic acids is 1. The highest BCUT2D eigenvalue weighted by Crippen LogP contribution is 2.33. The van der Waals surface area contributed by atoms with Crippen LogP contribution >= 0.6 is 11.3 Å². The van der Waals surface area contributed by atoms with Gasteiger partial charge in [0.15, 0.2) is 0 Å². The molecule has 10 heteroatoms. The molecule has 0 aliphatic heterocycles. The molecule has 2 aromatic heterocycles. The molecule has 30 heavy (non-hydrogen) atoms. The zero-order chi connectivity index (χ0) is 21.6. The quantitative estimate of drug-likeness (QED) is 0.509. The fourth-order valence-corrected chi connectivity index (χ4v) is 4.16. The normalized spacial score (nSPS) is 13.1.